The largest absolute Gasteiger partial charge is 0.508 e. The van der Waals surface area contributed by atoms with Crippen molar-refractivity contribution in [3.63, 3.8) is 0 Å². The molecule has 0 radical (unpaired) electrons. The van der Waals surface area contributed by atoms with Crippen LogP contribution >= 0.6 is 0 Å². The fraction of sp³-hybridized carbons (Fsp3) is 0.294. The Hall–Kier alpha value is -2.07. The second-order valence-electron chi connectivity index (χ2n) is 5.41. The van der Waals surface area contributed by atoms with Crippen LogP contribution < -0.4 is 4.90 Å². The summed E-state index contributed by atoms with van der Waals surface area (Å²) in [5.41, 5.74) is 2.30. The molecule has 0 bridgehead atoms. The van der Waals surface area contributed by atoms with Crippen molar-refractivity contribution in [2.24, 2.45) is 0 Å². The van der Waals surface area contributed by atoms with Gasteiger partial charge in [0.05, 0.1) is 0 Å². The Bertz CT molecular complexity index is 575. The number of phenolic OH excluding ortho intramolecular Hbond substituents is 1. The summed E-state index contributed by atoms with van der Waals surface area (Å²) in [6, 6.07) is 14.1. The third-order valence-corrected chi connectivity index (χ3v) is 3.91. The molecule has 0 atom stereocenters. The molecule has 0 unspecified atom stereocenters. The zero-order valence-corrected chi connectivity index (χ0v) is 11.9. The summed E-state index contributed by atoms with van der Waals surface area (Å²) in [6.45, 7) is 4.77. The van der Waals surface area contributed by atoms with Crippen LogP contribution in [0.3, 0.4) is 0 Å². The highest BCUT2D eigenvalue weighted by atomic mass is 19.1. The van der Waals surface area contributed by atoms with Gasteiger partial charge in [-0.05, 0) is 42.0 Å². The lowest BCUT2D eigenvalue weighted by molar-refractivity contribution is 0.250. The lowest BCUT2D eigenvalue weighted by Crippen LogP contribution is -2.45. The van der Waals surface area contributed by atoms with E-state index < -0.39 is 0 Å². The van der Waals surface area contributed by atoms with Gasteiger partial charge >= 0.3 is 0 Å². The minimum atomic E-state index is -0.190. The molecule has 1 aliphatic heterocycles. The lowest BCUT2D eigenvalue weighted by atomic mass is 10.2. The monoisotopic (exact) mass is 286 g/mol. The third kappa shape index (κ3) is 3.52. The van der Waals surface area contributed by atoms with Gasteiger partial charge in [-0.2, -0.15) is 0 Å². The van der Waals surface area contributed by atoms with Gasteiger partial charge in [-0.3, -0.25) is 4.90 Å². The van der Waals surface area contributed by atoms with Crippen molar-refractivity contribution in [2.45, 2.75) is 6.54 Å². The van der Waals surface area contributed by atoms with Crippen molar-refractivity contribution < 1.29 is 9.50 Å². The predicted octanol–water partition coefficient (Wildman–Crippen LogP) is 2.85. The van der Waals surface area contributed by atoms with Crippen molar-refractivity contribution in [3.8, 4) is 5.75 Å². The molecule has 1 fully saturated rings. The summed E-state index contributed by atoms with van der Waals surface area (Å²) in [5, 5.41) is 9.30. The van der Waals surface area contributed by atoms with E-state index in [0.717, 1.165) is 38.4 Å². The van der Waals surface area contributed by atoms with Gasteiger partial charge in [-0.15, -0.1) is 0 Å². The Morgan fingerprint density at radius 2 is 1.48 bits per heavy atom. The number of aromatic hydroxyl groups is 1. The molecular weight excluding hydrogens is 267 g/mol. The van der Waals surface area contributed by atoms with Crippen LogP contribution in [-0.2, 0) is 6.54 Å². The van der Waals surface area contributed by atoms with Crippen LogP contribution in [0.15, 0.2) is 48.5 Å². The number of piperazine rings is 1. The number of rotatable bonds is 3. The van der Waals surface area contributed by atoms with Gasteiger partial charge in [-0.25, -0.2) is 4.39 Å². The molecule has 0 amide bonds. The SMILES string of the molecule is Oc1ccc(CN2CCN(c3ccc(F)cc3)CC2)cc1. The summed E-state index contributed by atoms with van der Waals surface area (Å²) in [6.07, 6.45) is 0. The first kappa shape index (κ1) is 13.9. The maximum Gasteiger partial charge on any atom is 0.123 e. The maximum absolute atomic E-state index is 12.9. The van der Waals surface area contributed by atoms with E-state index in [4.69, 9.17) is 0 Å². The van der Waals surface area contributed by atoms with Gasteiger partial charge in [0.15, 0.2) is 0 Å². The number of nitrogens with zero attached hydrogens (tertiary/aromatic N) is 2. The second-order valence-corrected chi connectivity index (χ2v) is 5.41. The number of hydrogen-bond acceptors (Lipinski definition) is 3. The molecule has 4 heteroatoms. The maximum atomic E-state index is 12.9. The lowest BCUT2D eigenvalue weighted by Gasteiger charge is -2.36. The Morgan fingerprint density at radius 3 is 2.10 bits per heavy atom. The molecular formula is C17H19FN2O. The van der Waals surface area contributed by atoms with E-state index in [9.17, 15) is 9.50 Å². The molecule has 1 saturated heterocycles. The number of halogens is 1. The standard InChI is InChI=1S/C17H19FN2O/c18-15-3-5-16(6-4-15)20-11-9-19(10-12-20)13-14-1-7-17(21)8-2-14/h1-8,21H,9-13H2. The van der Waals surface area contributed by atoms with Gasteiger partial charge in [0.25, 0.3) is 0 Å². The van der Waals surface area contributed by atoms with Gasteiger partial charge in [0.1, 0.15) is 11.6 Å². The van der Waals surface area contributed by atoms with Crippen LogP contribution in [0, 0.1) is 5.82 Å². The van der Waals surface area contributed by atoms with E-state index in [0.29, 0.717) is 5.75 Å². The van der Waals surface area contributed by atoms with E-state index in [2.05, 4.69) is 9.80 Å². The molecule has 1 heterocycles. The average molecular weight is 286 g/mol. The van der Waals surface area contributed by atoms with Gasteiger partial charge in [0.2, 0.25) is 0 Å². The molecule has 2 aromatic rings. The molecule has 21 heavy (non-hydrogen) atoms. The molecule has 3 rings (SSSR count). The third-order valence-electron chi connectivity index (χ3n) is 3.91. The molecule has 0 aromatic heterocycles. The summed E-state index contributed by atoms with van der Waals surface area (Å²) in [7, 11) is 0. The van der Waals surface area contributed by atoms with E-state index >= 15 is 0 Å². The number of phenols is 1. The van der Waals surface area contributed by atoms with Crippen molar-refractivity contribution in [1.82, 2.24) is 4.90 Å². The fourth-order valence-corrected chi connectivity index (χ4v) is 2.68. The molecule has 0 saturated carbocycles. The first-order valence-corrected chi connectivity index (χ1v) is 7.21. The van der Waals surface area contributed by atoms with E-state index in [1.807, 2.05) is 24.3 Å². The van der Waals surface area contributed by atoms with Crippen LogP contribution in [0.1, 0.15) is 5.56 Å². The number of anilines is 1. The van der Waals surface area contributed by atoms with Gasteiger partial charge < -0.3 is 10.0 Å². The van der Waals surface area contributed by atoms with Crippen LogP contribution in [0.25, 0.3) is 0 Å². The molecule has 2 aromatic carbocycles. The van der Waals surface area contributed by atoms with Gasteiger partial charge in [-0.1, -0.05) is 12.1 Å². The first-order chi connectivity index (χ1) is 10.2. The second kappa shape index (κ2) is 6.14. The highest BCUT2D eigenvalue weighted by Gasteiger charge is 2.17. The van der Waals surface area contributed by atoms with Crippen molar-refractivity contribution >= 4 is 5.69 Å². The van der Waals surface area contributed by atoms with Crippen molar-refractivity contribution in [2.75, 3.05) is 31.1 Å². The zero-order chi connectivity index (χ0) is 14.7. The topological polar surface area (TPSA) is 26.7 Å². The summed E-state index contributed by atoms with van der Waals surface area (Å²) < 4.78 is 12.9. The first-order valence-electron chi connectivity index (χ1n) is 7.21. The van der Waals surface area contributed by atoms with Crippen LogP contribution in [0.2, 0.25) is 0 Å². The van der Waals surface area contributed by atoms with E-state index in [1.54, 1.807) is 12.1 Å². The van der Waals surface area contributed by atoms with Crippen molar-refractivity contribution in [3.05, 3.63) is 59.9 Å². The van der Waals surface area contributed by atoms with Crippen LogP contribution in [0.4, 0.5) is 10.1 Å². The summed E-state index contributed by atoms with van der Waals surface area (Å²) >= 11 is 0. The van der Waals surface area contributed by atoms with Crippen LogP contribution in [0.5, 0.6) is 5.75 Å². The Labute approximate surface area is 124 Å². The Kier molecular flexibility index (Phi) is 4.06. The molecule has 1 aliphatic rings. The molecule has 3 nitrogen and oxygen atoms in total. The minimum absolute atomic E-state index is 0.190. The van der Waals surface area contributed by atoms with Crippen LogP contribution in [-0.4, -0.2) is 36.2 Å². The zero-order valence-electron chi connectivity index (χ0n) is 11.9. The fourth-order valence-electron chi connectivity index (χ4n) is 2.68. The normalized spacial score (nSPS) is 16.1. The molecule has 110 valence electrons. The summed E-state index contributed by atoms with van der Waals surface area (Å²) in [5.74, 6) is 0.115. The predicted molar refractivity (Wildman–Crippen MR) is 82.0 cm³/mol. The smallest absolute Gasteiger partial charge is 0.123 e. The minimum Gasteiger partial charge on any atom is -0.508 e. The quantitative estimate of drug-likeness (QED) is 0.940. The highest BCUT2D eigenvalue weighted by Crippen LogP contribution is 2.18. The molecule has 0 aliphatic carbocycles. The van der Waals surface area contributed by atoms with E-state index in [1.165, 1.54) is 17.7 Å². The Balaban J connectivity index is 1.55. The van der Waals surface area contributed by atoms with Gasteiger partial charge in [0, 0.05) is 38.4 Å². The highest BCUT2D eigenvalue weighted by molar-refractivity contribution is 5.46. The number of benzene rings is 2. The van der Waals surface area contributed by atoms with Crippen molar-refractivity contribution in [1.29, 1.82) is 0 Å². The van der Waals surface area contributed by atoms with E-state index in [-0.39, 0.29) is 5.82 Å². The molecule has 0 spiro atoms. The Morgan fingerprint density at radius 1 is 0.857 bits per heavy atom. The number of hydrogen-bond donors (Lipinski definition) is 1. The average Bonchev–Trinajstić information content (AvgIpc) is 2.51. The molecule has 1 N–H and O–H groups in total. The summed E-state index contributed by atoms with van der Waals surface area (Å²) in [4.78, 5) is 4.68.